The average molecular weight is 426 g/mol. The lowest BCUT2D eigenvalue weighted by molar-refractivity contribution is -0.113. The zero-order valence-electron chi connectivity index (χ0n) is 16.6. The minimum Gasteiger partial charge on any atom is -0.495 e. The van der Waals surface area contributed by atoms with Gasteiger partial charge >= 0.3 is 0 Å². The van der Waals surface area contributed by atoms with Crippen molar-refractivity contribution in [2.75, 3.05) is 24.9 Å². The second kappa shape index (κ2) is 8.08. The van der Waals surface area contributed by atoms with E-state index >= 15 is 0 Å². The number of halogens is 1. The molecule has 4 rings (SSSR count). The lowest BCUT2D eigenvalue weighted by Crippen LogP contribution is -2.31. The molecular formula is C21H20ClN5O3. The molecule has 0 unspecified atom stereocenters. The van der Waals surface area contributed by atoms with E-state index in [4.69, 9.17) is 21.1 Å². The Labute approximate surface area is 178 Å². The van der Waals surface area contributed by atoms with E-state index in [1.54, 1.807) is 16.8 Å². The second-order valence-electron chi connectivity index (χ2n) is 6.65. The number of rotatable bonds is 5. The molecule has 1 atom stereocenters. The number of hydrogen-bond acceptors (Lipinski definition) is 6. The number of ether oxygens (including phenoxy) is 2. The van der Waals surface area contributed by atoms with E-state index in [0.717, 1.165) is 5.56 Å². The van der Waals surface area contributed by atoms with Crippen LogP contribution >= 0.6 is 11.6 Å². The lowest BCUT2D eigenvalue weighted by Gasteiger charge is -2.29. The van der Waals surface area contributed by atoms with Crippen molar-refractivity contribution in [3.05, 3.63) is 70.6 Å². The third kappa shape index (κ3) is 3.46. The van der Waals surface area contributed by atoms with Gasteiger partial charge in [0, 0.05) is 17.8 Å². The molecule has 0 fully saturated rings. The van der Waals surface area contributed by atoms with Gasteiger partial charge in [-0.3, -0.25) is 4.79 Å². The fourth-order valence-electron chi connectivity index (χ4n) is 3.48. The molecule has 2 heterocycles. The molecule has 1 amide bonds. The number of carbonyl (C=O) groups is 1. The van der Waals surface area contributed by atoms with Gasteiger partial charge < -0.3 is 20.1 Å². The van der Waals surface area contributed by atoms with Crippen molar-refractivity contribution < 1.29 is 14.3 Å². The number of allylic oxidation sites excluding steroid dienone is 1. The van der Waals surface area contributed by atoms with Crippen molar-refractivity contribution in [3.63, 3.8) is 0 Å². The van der Waals surface area contributed by atoms with E-state index in [2.05, 4.69) is 20.7 Å². The third-order valence-corrected chi connectivity index (χ3v) is 5.17. The van der Waals surface area contributed by atoms with Gasteiger partial charge in [-0.15, -0.1) is 0 Å². The molecule has 154 valence electrons. The summed E-state index contributed by atoms with van der Waals surface area (Å²) < 4.78 is 12.3. The number of aromatic nitrogens is 3. The van der Waals surface area contributed by atoms with Gasteiger partial charge in [-0.1, -0.05) is 41.9 Å². The SMILES string of the molecule is COc1cc(NC(=O)C2=C(C)Nc3ncnn3[C@@H]2c2ccccc2)c(OC)cc1Cl. The van der Waals surface area contributed by atoms with Crippen LogP contribution in [0.2, 0.25) is 5.02 Å². The van der Waals surface area contributed by atoms with Crippen LogP contribution < -0.4 is 20.1 Å². The molecule has 2 N–H and O–H groups in total. The summed E-state index contributed by atoms with van der Waals surface area (Å²) in [7, 11) is 3.02. The molecule has 0 aliphatic carbocycles. The first-order valence-electron chi connectivity index (χ1n) is 9.18. The first-order valence-corrected chi connectivity index (χ1v) is 9.56. The van der Waals surface area contributed by atoms with Gasteiger partial charge in [0.05, 0.1) is 30.5 Å². The summed E-state index contributed by atoms with van der Waals surface area (Å²) in [6.45, 7) is 1.84. The third-order valence-electron chi connectivity index (χ3n) is 4.88. The van der Waals surface area contributed by atoms with E-state index in [1.807, 2.05) is 37.3 Å². The second-order valence-corrected chi connectivity index (χ2v) is 7.05. The Bertz CT molecular complexity index is 1130. The molecule has 0 radical (unpaired) electrons. The van der Waals surface area contributed by atoms with Gasteiger partial charge in [0.15, 0.2) is 0 Å². The number of anilines is 2. The number of benzene rings is 2. The molecule has 9 heteroatoms. The Balaban J connectivity index is 1.76. The van der Waals surface area contributed by atoms with Crippen LogP contribution in [0.5, 0.6) is 11.5 Å². The van der Waals surface area contributed by atoms with Gasteiger partial charge in [0.1, 0.15) is 23.9 Å². The van der Waals surface area contributed by atoms with Crippen LogP contribution in [0, 0.1) is 0 Å². The zero-order chi connectivity index (χ0) is 21.3. The number of amides is 1. The average Bonchev–Trinajstić information content (AvgIpc) is 3.22. The molecule has 1 aliphatic heterocycles. The van der Waals surface area contributed by atoms with Crippen LogP contribution in [0.1, 0.15) is 18.5 Å². The highest BCUT2D eigenvalue weighted by Crippen LogP contribution is 2.38. The minimum absolute atomic E-state index is 0.308. The number of fused-ring (bicyclic) bond motifs is 1. The highest BCUT2D eigenvalue weighted by molar-refractivity contribution is 6.32. The largest absolute Gasteiger partial charge is 0.495 e. The van der Waals surface area contributed by atoms with Crippen LogP contribution in [0.25, 0.3) is 0 Å². The first kappa shape index (κ1) is 19.8. The molecule has 30 heavy (non-hydrogen) atoms. The molecular weight excluding hydrogens is 406 g/mol. The van der Waals surface area contributed by atoms with E-state index in [1.165, 1.54) is 20.5 Å². The maximum absolute atomic E-state index is 13.4. The van der Waals surface area contributed by atoms with E-state index < -0.39 is 6.04 Å². The van der Waals surface area contributed by atoms with Gasteiger partial charge in [0.2, 0.25) is 5.95 Å². The maximum atomic E-state index is 13.4. The molecule has 0 saturated heterocycles. The predicted octanol–water partition coefficient (Wildman–Crippen LogP) is 3.88. The molecule has 0 spiro atoms. The summed E-state index contributed by atoms with van der Waals surface area (Å²) in [4.78, 5) is 17.7. The quantitative estimate of drug-likeness (QED) is 0.644. The minimum atomic E-state index is -0.440. The van der Waals surface area contributed by atoms with Gasteiger partial charge in [-0.25, -0.2) is 4.68 Å². The van der Waals surface area contributed by atoms with Crippen LogP contribution in [0.15, 0.2) is 60.1 Å². The Morgan fingerprint density at radius 3 is 2.60 bits per heavy atom. The smallest absolute Gasteiger partial charge is 0.255 e. The topological polar surface area (TPSA) is 90.3 Å². The summed E-state index contributed by atoms with van der Waals surface area (Å²) in [6, 6.07) is 12.5. The van der Waals surface area contributed by atoms with E-state index in [9.17, 15) is 4.79 Å². The number of hydrogen-bond donors (Lipinski definition) is 2. The Hall–Kier alpha value is -3.52. The van der Waals surface area contributed by atoms with Gasteiger partial charge in [-0.2, -0.15) is 10.1 Å². The highest BCUT2D eigenvalue weighted by Gasteiger charge is 2.33. The normalized spacial score (nSPS) is 15.3. The zero-order valence-corrected chi connectivity index (χ0v) is 17.4. The molecule has 1 aromatic heterocycles. The van der Waals surface area contributed by atoms with Crippen molar-refractivity contribution >= 4 is 29.1 Å². The summed E-state index contributed by atoms with van der Waals surface area (Å²) in [5.74, 6) is 1.12. The van der Waals surface area contributed by atoms with Crippen molar-refractivity contribution in [2.45, 2.75) is 13.0 Å². The van der Waals surface area contributed by atoms with E-state index in [-0.39, 0.29) is 5.91 Å². The monoisotopic (exact) mass is 425 g/mol. The van der Waals surface area contributed by atoms with Crippen LogP contribution in [-0.2, 0) is 4.79 Å². The summed E-state index contributed by atoms with van der Waals surface area (Å²) in [6.07, 6.45) is 1.46. The number of methoxy groups -OCH3 is 2. The number of nitrogens with one attached hydrogen (secondary N) is 2. The standard InChI is InChI=1S/C21H20ClN5O3/c1-12-18(20(28)26-15-10-16(29-2)14(22)9-17(15)30-3)19(13-7-5-4-6-8-13)27-21(25-12)23-11-24-27/h4-11,19H,1-3H3,(H,26,28)(H,23,24,25)/t19-/m1/s1. The van der Waals surface area contributed by atoms with Gasteiger partial charge in [-0.05, 0) is 12.5 Å². The molecule has 0 bridgehead atoms. The van der Waals surface area contributed by atoms with Crippen LogP contribution in [0.4, 0.5) is 11.6 Å². The van der Waals surface area contributed by atoms with Crippen molar-refractivity contribution in [1.82, 2.24) is 14.8 Å². The van der Waals surface area contributed by atoms with Gasteiger partial charge in [0.25, 0.3) is 5.91 Å². The molecule has 1 aliphatic rings. The van der Waals surface area contributed by atoms with E-state index in [0.29, 0.717) is 39.4 Å². The first-order chi connectivity index (χ1) is 14.5. The van der Waals surface area contributed by atoms with Crippen molar-refractivity contribution in [1.29, 1.82) is 0 Å². The Kier molecular flexibility index (Phi) is 5.33. The number of carbonyl (C=O) groups excluding carboxylic acids is 1. The lowest BCUT2D eigenvalue weighted by atomic mass is 9.95. The Morgan fingerprint density at radius 2 is 1.90 bits per heavy atom. The maximum Gasteiger partial charge on any atom is 0.255 e. The Morgan fingerprint density at radius 1 is 1.17 bits per heavy atom. The molecule has 2 aromatic carbocycles. The van der Waals surface area contributed by atoms with Crippen molar-refractivity contribution in [3.8, 4) is 11.5 Å². The highest BCUT2D eigenvalue weighted by atomic mass is 35.5. The fourth-order valence-corrected chi connectivity index (χ4v) is 3.71. The molecule has 8 nitrogen and oxygen atoms in total. The number of nitrogens with zero attached hydrogens (tertiary/aromatic N) is 3. The van der Waals surface area contributed by atoms with Crippen molar-refractivity contribution in [2.24, 2.45) is 0 Å². The molecule has 3 aromatic rings. The summed E-state index contributed by atoms with van der Waals surface area (Å²) in [5, 5.41) is 10.8. The van der Waals surface area contributed by atoms with Crippen LogP contribution in [0.3, 0.4) is 0 Å². The predicted molar refractivity (Wildman–Crippen MR) is 114 cm³/mol. The van der Waals surface area contributed by atoms with Crippen LogP contribution in [-0.4, -0.2) is 34.9 Å². The summed E-state index contributed by atoms with van der Waals surface area (Å²) in [5.41, 5.74) is 2.55. The summed E-state index contributed by atoms with van der Waals surface area (Å²) >= 11 is 6.18. The molecule has 0 saturated carbocycles. The fraction of sp³-hybridized carbons (Fsp3) is 0.190.